The molecular formula is C26H24ClN3O6. The maximum atomic E-state index is 12.4. The van der Waals surface area contributed by atoms with Gasteiger partial charge in [0.1, 0.15) is 5.75 Å². The molecule has 10 heteroatoms. The zero-order chi connectivity index (χ0) is 25.9. The van der Waals surface area contributed by atoms with E-state index in [9.17, 15) is 14.4 Å². The Morgan fingerprint density at radius 2 is 1.64 bits per heavy atom. The van der Waals surface area contributed by atoms with Gasteiger partial charge in [0.25, 0.3) is 11.8 Å². The van der Waals surface area contributed by atoms with Gasteiger partial charge in [-0.1, -0.05) is 11.6 Å². The number of ether oxygens (including phenoxy) is 3. The zero-order valence-electron chi connectivity index (χ0n) is 19.6. The summed E-state index contributed by atoms with van der Waals surface area (Å²) in [6.45, 7) is 1.88. The van der Waals surface area contributed by atoms with E-state index in [1.165, 1.54) is 13.3 Å². The summed E-state index contributed by atoms with van der Waals surface area (Å²) in [4.78, 5) is 36.6. The van der Waals surface area contributed by atoms with Crippen molar-refractivity contribution >= 4 is 35.6 Å². The summed E-state index contributed by atoms with van der Waals surface area (Å²) < 4.78 is 16.1. The number of esters is 1. The van der Waals surface area contributed by atoms with Crippen LogP contribution < -0.4 is 25.0 Å². The molecule has 0 aromatic heterocycles. The molecule has 0 aliphatic heterocycles. The third kappa shape index (κ3) is 7.57. The third-order valence-corrected chi connectivity index (χ3v) is 4.97. The molecule has 0 fully saturated rings. The molecule has 186 valence electrons. The number of nitrogens with zero attached hydrogens (tertiary/aromatic N) is 1. The van der Waals surface area contributed by atoms with Crippen LogP contribution in [0.3, 0.4) is 0 Å². The van der Waals surface area contributed by atoms with Gasteiger partial charge in [0.15, 0.2) is 11.5 Å². The van der Waals surface area contributed by atoms with E-state index in [-0.39, 0.29) is 12.3 Å². The Hall–Kier alpha value is -4.37. The molecule has 36 heavy (non-hydrogen) atoms. The van der Waals surface area contributed by atoms with Gasteiger partial charge < -0.3 is 19.5 Å². The van der Waals surface area contributed by atoms with Crippen molar-refractivity contribution in [2.75, 3.05) is 20.3 Å². The Kier molecular flexibility index (Phi) is 9.41. The Morgan fingerprint density at radius 3 is 2.31 bits per heavy atom. The first kappa shape index (κ1) is 26.2. The molecule has 0 aliphatic rings. The number of hydrogen-bond acceptors (Lipinski definition) is 7. The van der Waals surface area contributed by atoms with Crippen LogP contribution in [0.1, 0.15) is 33.2 Å². The molecule has 0 radical (unpaired) electrons. The highest BCUT2D eigenvalue weighted by molar-refractivity contribution is 6.30. The molecule has 0 heterocycles. The summed E-state index contributed by atoms with van der Waals surface area (Å²) in [5.74, 6) is -0.272. The van der Waals surface area contributed by atoms with Crippen LogP contribution in [0.4, 0.5) is 0 Å². The lowest BCUT2D eigenvalue weighted by Crippen LogP contribution is -2.34. The van der Waals surface area contributed by atoms with E-state index >= 15 is 0 Å². The molecule has 2 amide bonds. The number of halogens is 1. The Labute approximate surface area is 213 Å². The van der Waals surface area contributed by atoms with Crippen LogP contribution >= 0.6 is 11.6 Å². The minimum Gasteiger partial charge on any atom is -0.497 e. The second kappa shape index (κ2) is 12.9. The smallest absolute Gasteiger partial charge is 0.343 e. The highest BCUT2D eigenvalue weighted by Crippen LogP contribution is 2.29. The molecule has 2 N–H and O–H groups in total. The molecule has 3 rings (SSSR count). The van der Waals surface area contributed by atoms with Gasteiger partial charge in [-0.2, -0.15) is 5.10 Å². The van der Waals surface area contributed by atoms with Crippen molar-refractivity contribution in [3.8, 4) is 17.2 Å². The monoisotopic (exact) mass is 509 g/mol. The van der Waals surface area contributed by atoms with Gasteiger partial charge in [0, 0.05) is 10.6 Å². The average Bonchev–Trinajstić information content (AvgIpc) is 2.89. The first-order chi connectivity index (χ1) is 17.4. The van der Waals surface area contributed by atoms with Gasteiger partial charge in [-0.25, -0.2) is 10.2 Å². The van der Waals surface area contributed by atoms with E-state index in [1.54, 1.807) is 73.7 Å². The maximum Gasteiger partial charge on any atom is 0.343 e. The third-order valence-electron chi connectivity index (χ3n) is 4.71. The van der Waals surface area contributed by atoms with Gasteiger partial charge in [-0.3, -0.25) is 9.59 Å². The zero-order valence-corrected chi connectivity index (χ0v) is 20.4. The first-order valence-corrected chi connectivity index (χ1v) is 11.3. The van der Waals surface area contributed by atoms with Crippen LogP contribution in [0.25, 0.3) is 0 Å². The molecule has 0 unspecified atom stereocenters. The van der Waals surface area contributed by atoms with Crippen molar-refractivity contribution in [2.45, 2.75) is 6.92 Å². The molecular weight excluding hydrogens is 486 g/mol. The Bertz CT molecular complexity index is 1240. The summed E-state index contributed by atoms with van der Waals surface area (Å²) in [6, 6.07) is 17.6. The number of carbonyl (C=O) groups excluding carboxylic acids is 3. The summed E-state index contributed by atoms with van der Waals surface area (Å²) in [6.07, 6.45) is 1.40. The molecule has 0 aliphatic carbocycles. The highest BCUT2D eigenvalue weighted by Gasteiger charge is 2.13. The molecule has 9 nitrogen and oxygen atoms in total. The van der Waals surface area contributed by atoms with Crippen molar-refractivity contribution in [1.82, 2.24) is 10.7 Å². The second-order valence-corrected chi connectivity index (χ2v) is 7.68. The van der Waals surface area contributed by atoms with Crippen LogP contribution in [0.5, 0.6) is 17.2 Å². The van der Waals surface area contributed by atoms with E-state index < -0.39 is 17.8 Å². The number of hydrazone groups is 1. The van der Waals surface area contributed by atoms with E-state index in [2.05, 4.69) is 15.8 Å². The van der Waals surface area contributed by atoms with E-state index in [4.69, 9.17) is 25.8 Å². The number of nitrogens with one attached hydrogen (secondary N) is 2. The molecule has 3 aromatic carbocycles. The number of amides is 2. The lowest BCUT2D eigenvalue weighted by atomic mass is 10.2. The Balaban J connectivity index is 1.55. The highest BCUT2D eigenvalue weighted by atomic mass is 35.5. The van der Waals surface area contributed by atoms with Gasteiger partial charge >= 0.3 is 5.97 Å². The predicted octanol–water partition coefficient (Wildman–Crippen LogP) is 3.85. The standard InChI is InChI=1S/C26H24ClN3O6/c1-3-35-23-14-17(4-13-22(23)36-26(33)19-5-9-20(27)10-6-19)15-29-30-24(31)16-28-25(32)18-7-11-21(34-2)12-8-18/h4-15H,3,16H2,1-2H3,(H,28,32)(H,30,31)/b29-15+. The van der Waals surface area contributed by atoms with E-state index in [0.29, 0.717) is 39.8 Å². The SMILES string of the molecule is CCOc1cc(/C=N/NC(=O)CNC(=O)c2ccc(OC)cc2)ccc1OC(=O)c1ccc(Cl)cc1. The lowest BCUT2D eigenvalue weighted by Gasteiger charge is -2.11. The molecule has 0 bridgehead atoms. The number of hydrogen-bond donors (Lipinski definition) is 2. The fourth-order valence-corrected chi connectivity index (χ4v) is 3.05. The van der Waals surface area contributed by atoms with Crippen LogP contribution in [-0.2, 0) is 4.79 Å². The van der Waals surface area contributed by atoms with E-state index in [1.807, 2.05) is 0 Å². The number of carbonyl (C=O) groups is 3. The van der Waals surface area contributed by atoms with Gasteiger partial charge in [0.05, 0.1) is 32.0 Å². The van der Waals surface area contributed by atoms with Gasteiger partial charge in [-0.15, -0.1) is 0 Å². The molecule has 0 atom stereocenters. The summed E-state index contributed by atoms with van der Waals surface area (Å²) in [5.41, 5.74) is 3.67. The fraction of sp³-hybridized carbons (Fsp3) is 0.154. The van der Waals surface area contributed by atoms with Crippen molar-refractivity contribution in [3.63, 3.8) is 0 Å². The van der Waals surface area contributed by atoms with Crippen LogP contribution in [-0.4, -0.2) is 44.3 Å². The molecule has 0 spiro atoms. The molecule has 0 saturated heterocycles. The van der Waals surface area contributed by atoms with E-state index in [0.717, 1.165) is 0 Å². The minimum absolute atomic E-state index is 0.235. The average molecular weight is 510 g/mol. The summed E-state index contributed by atoms with van der Waals surface area (Å²) >= 11 is 5.85. The van der Waals surface area contributed by atoms with Crippen molar-refractivity contribution in [3.05, 3.63) is 88.4 Å². The normalized spacial score (nSPS) is 10.5. The number of methoxy groups -OCH3 is 1. The van der Waals surface area contributed by atoms with Crippen molar-refractivity contribution in [1.29, 1.82) is 0 Å². The molecule has 3 aromatic rings. The largest absolute Gasteiger partial charge is 0.497 e. The minimum atomic E-state index is -0.557. The fourth-order valence-electron chi connectivity index (χ4n) is 2.93. The lowest BCUT2D eigenvalue weighted by molar-refractivity contribution is -0.120. The van der Waals surface area contributed by atoms with Gasteiger partial charge in [-0.05, 0) is 79.2 Å². The first-order valence-electron chi connectivity index (χ1n) is 10.9. The maximum absolute atomic E-state index is 12.4. The summed E-state index contributed by atoms with van der Waals surface area (Å²) in [5, 5.41) is 6.92. The summed E-state index contributed by atoms with van der Waals surface area (Å²) in [7, 11) is 1.53. The van der Waals surface area contributed by atoms with Crippen LogP contribution in [0, 0.1) is 0 Å². The quantitative estimate of drug-likeness (QED) is 0.186. The van der Waals surface area contributed by atoms with Gasteiger partial charge in [0.2, 0.25) is 0 Å². The second-order valence-electron chi connectivity index (χ2n) is 7.24. The topological polar surface area (TPSA) is 115 Å². The Morgan fingerprint density at radius 1 is 0.944 bits per heavy atom. The van der Waals surface area contributed by atoms with Crippen molar-refractivity contribution in [2.24, 2.45) is 5.10 Å². The van der Waals surface area contributed by atoms with Crippen molar-refractivity contribution < 1.29 is 28.6 Å². The number of rotatable bonds is 10. The number of benzene rings is 3. The van der Waals surface area contributed by atoms with Crippen LogP contribution in [0.2, 0.25) is 5.02 Å². The van der Waals surface area contributed by atoms with Crippen LogP contribution in [0.15, 0.2) is 71.8 Å². The molecule has 0 saturated carbocycles. The predicted molar refractivity (Wildman–Crippen MR) is 135 cm³/mol.